The quantitative estimate of drug-likeness (QED) is 0.914. The number of nitrogens with one attached hydrogen (secondary N) is 1. The molecule has 2 rings (SSSR count). The van der Waals surface area contributed by atoms with Gasteiger partial charge in [0.15, 0.2) is 0 Å². The van der Waals surface area contributed by atoms with Gasteiger partial charge in [0.1, 0.15) is 5.82 Å². The Morgan fingerprint density at radius 3 is 2.68 bits per heavy atom. The summed E-state index contributed by atoms with van der Waals surface area (Å²) in [5, 5.41) is 2.72. The third-order valence-corrected chi connectivity index (χ3v) is 3.37. The molecule has 0 unspecified atom stereocenters. The Balaban J connectivity index is 2.08. The third kappa shape index (κ3) is 3.41. The molecule has 2 aromatic carbocycles. The van der Waals surface area contributed by atoms with Gasteiger partial charge in [-0.1, -0.05) is 40.2 Å². The minimum Gasteiger partial charge on any atom is -0.348 e. The monoisotopic (exact) mass is 321 g/mol. The van der Waals surface area contributed by atoms with Crippen molar-refractivity contribution in [3.05, 3.63) is 69.4 Å². The van der Waals surface area contributed by atoms with Gasteiger partial charge in [0, 0.05) is 11.0 Å². The lowest BCUT2D eigenvalue weighted by Crippen LogP contribution is -2.24. The van der Waals surface area contributed by atoms with Crippen molar-refractivity contribution in [1.29, 1.82) is 0 Å². The topological polar surface area (TPSA) is 29.1 Å². The molecule has 1 N–H and O–H groups in total. The van der Waals surface area contributed by atoms with Gasteiger partial charge in [-0.15, -0.1) is 0 Å². The Morgan fingerprint density at radius 2 is 2.00 bits per heavy atom. The molecule has 0 bridgehead atoms. The first-order chi connectivity index (χ1) is 9.08. The smallest absolute Gasteiger partial charge is 0.254 e. The molecule has 0 aromatic heterocycles. The van der Waals surface area contributed by atoms with E-state index < -0.39 is 11.7 Å². The van der Waals surface area contributed by atoms with Crippen LogP contribution in [0.1, 0.15) is 21.5 Å². The van der Waals surface area contributed by atoms with E-state index in [-0.39, 0.29) is 5.56 Å². The molecule has 98 valence electrons. The number of aryl methyl sites for hydroxylation is 1. The number of hydrogen-bond acceptors (Lipinski definition) is 1. The summed E-state index contributed by atoms with van der Waals surface area (Å²) in [6, 6.07) is 12.2. The van der Waals surface area contributed by atoms with Gasteiger partial charge in [0.05, 0.1) is 5.56 Å². The van der Waals surface area contributed by atoms with Crippen LogP contribution >= 0.6 is 15.9 Å². The van der Waals surface area contributed by atoms with Crippen LogP contribution in [-0.2, 0) is 6.54 Å². The van der Waals surface area contributed by atoms with Crippen LogP contribution in [0.4, 0.5) is 4.39 Å². The number of carbonyl (C=O) groups excluding carboxylic acids is 1. The maximum absolute atomic E-state index is 13.6. The van der Waals surface area contributed by atoms with Crippen molar-refractivity contribution in [3.63, 3.8) is 0 Å². The number of carbonyl (C=O) groups is 1. The molecular weight excluding hydrogens is 309 g/mol. The summed E-state index contributed by atoms with van der Waals surface area (Å²) in [6.07, 6.45) is 0. The Kier molecular flexibility index (Phi) is 4.32. The van der Waals surface area contributed by atoms with Crippen molar-refractivity contribution in [1.82, 2.24) is 5.32 Å². The lowest BCUT2D eigenvalue weighted by molar-refractivity contribution is 0.0947. The zero-order chi connectivity index (χ0) is 13.8. The number of benzene rings is 2. The van der Waals surface area contributed by atoms with E-state index in [0.717, 1.165) is 11.1 Å². The summed E-state index contributed by atoms with van der Waals surface area (Å²) < 4.78 is 14.2. The molecule has 4 heteroatoms. The average molecular weight is 322 g/mol. The van der Waals surface area contributed by atoms with Crippen LogP contribution in [0.3, 0.4) is 0 Å². The lowest BCUT2D eigenvalue weighted by atomic mass is 10.1. The first-order valence-corrected chi connectivity index (χ1v) is 6.65. The van der Waals surface area contributed by atoms with Crippen molar-refractivity contribution in [2.75, 3.05) is 0 Å². The maximum atomic E-state index is 13.6. The summed E-state index contributed by atoms with van der Waals surface area (Å²) >= 11 is 3.16. The average Bonchev–Trinajstić information content (AvgIpc) is 2.37. The molecule has 19 heavy (non-hydrogen) atoms. The fraction of sp³-hybridized carbons (Fsp3) is 0.133. The fourth-order valence-corrected chi connectivity index (χ4v) is 2.09. The number of rotatable bonds is 3. The van der Waals surface area contributed by atoms with Gasteiger partial charge in [0.2, 0.25) is 0 Å². The molecule has 2 aromatic rings. The van der Waals surface area contributed by atoms with Gasteiger partial charge in [0.25, 0.3) is 5.91 Å². The predicted octanol–water partition coefficient (Wildman–Crippen LogP) is 3.83. The number of halogens is 2. The molecule has 0 spiro atoms. The molecule has 0 heterocycles. The van der Waals surface area contributed by atoms with Crippen molar-refractivity contribution in [2.45, 2.75) is 13.5 Å². The van der Waals surface area contributed by atoms with E-state index in [0.29, 0.717) is 11.0 Å². The normalized spacial score (nSPS) is 10.3. The molecule has 0 aliphatic heterocycles. The molecule has 0 radical (unpaired) electrons. The van der Waals surface area contributed by atoms with E-state index in [1.54, 1.807) is 6.07 Å². The van der Waals surface area contributed by atoms with Crippen molar-refractivity contribution >= 4 is 21.8 Å². The van der Waals surface area contributed by atoms with E-state index in [2.05, 4.69) is 21.2 Å². The fourth-order valence-electron chi connectivity index (χ4n) is 1.75. The highest BCUT2D eigenvalue weighted by Crippen LogP contribution is 2.15. The van der Waals surface area contributed by atoms with E-state index >= 15 is 0 Å². The summed E-state index contributed by atoms with van der Waals surface area (Å²) in [4.78, 5) is 11.9. The van der Waals surface area contributed by atoms with Gasteiger partial charge < -0.3 is 5.32 Å². The number of hydrogen-bond donors (Lipinski definition) is 1. The second-order valence-corrected chi connectivity index (χ2v) is 5.15. The molecule has 0 fully saturated rings. The second kappa shape index (κ2) is 5.97. The molecule has 0 saturated carbocycles. The van der Waals surface area contributed by atoms with Crippen LogP contribution in [0.15, 0.2) is 46.9 Å². The molecule has 0 saturated heterocycles. The van der Waals surface area contributed by atoms with E-state index in [9.17, 15) is 9.18 Å². The van der Waals surface area contributed by atoms with E-state index in [4.69, 9.17) is 0 Å². The summed E-state index contributed by atoms with van der Waals surface area (Å²) in [5.41, 5.74) is 2.17. The maximum Gasteiger partial charge on any atom is 0.254 e. The Hall–Kier alpha value is -1.68. The van der Waals surface area contributed by atoms with Crippen LogP contribution in [0, 0.1) is 12.7 Å². The minimum absolute atomic E-state index is 0.0526. The molecule has 0 atom stereocenters. The van der Waals surface area contributed by atoms with Crippen LogP contribution in [0.2, 0.25) is 0 Å². The van der Waals surface area contributed by atoms with Crippen LogP contribution in [0.5, 0.6) is 0 Å². The van der Waals surface area contributed by atoms with Crippen molar-refractivity contribution in [3.8, 4) is 0 Å². The van der Waals surface area contributed by atoms with Crippen LogP contribution in [0.25, 0.3) is 0 Å². The Morgan fingerprint density at radius 1 is 1.26 bits per heavy atom. The second-order valence-electron chi connectivity index (χ2n) is 4.23. The van der Waals surface area contributed by atoms with Gasteiger partial charge in [-0.2, -0.15) is 0 Å². The van der Waals surface area contributed by atoms with Gasteiger partial charge in [-0.25, -0.2) is 4.39 Å². The zero-order valence-corrected chi connectivity index (χ0v) is 12.0. The van der Waals surface area contributed by atoms with Crippen molar-refractivity contribution < 1.29 is 9.18 Å². The van der Waals surface area contributed by atoms with Crippen LogP contribution in [-0.4, -0.2) is 5.91 Å². The minimum atomic E-state index is -0.531. The van der Waals surface area contributed by atoms with Gasteiger partial charge in [-0.05, 0) is 36.2 Å². The zero-order valence-electron chi connectivity index (χ0n) is 10.4. The highest BCUT2D eigenvalue weighted by atomic mass is 79.9. The summed E-state index contributed by atoms with van der Waals surface area (Å²) in [7, 11) is 0. The largest absolute Gasteiger partial charge is 0.348 e. The molecule has 1 amide bonds. The van der Waals surface area contributed by atoms with Gasteiger partial charge >= 0.3 is 0 Å². The van der Waals surface area contributed by atoms with Crippen molar-refractivity contribution in [2.24, 2.45) is 0 Å². The molecule has 0 aliphatic carbocycles. The first kappa shape index (κ1) is 13.7. The molecule has 0 aliphatic rings. The SMILES string of the molecule is Cc1ccccc1CNC(=O)c1ccc(Br)cc1F. The third-order valence-electron chi connectivity index (χ3n) is 2.88. The standard InChI is InChI=1S/C15H13BrFNO/c1-10-4-2-3-5-11(10)9-18-15(19)13-7-6-12(16)8-14(13)17/h2-8H,9H2,1H3,(H,18,19). The Labute approximate surface area is 119 Å². The molecular formula is C15H13BrFNO. The lowest BCUT2D eigenvalue weighted by Gasteiger charge is -2.08. The first-order valence-electron chi connectivity index (χ1n) is 5.85. The van der Waals surface area contributed by atoms with E-state index in [1.807, 2.05) is 31.2 Å². The van der Waals surface area contributed by atoms with E-state index in [1.165, 1.54) is 12.1 Å². The number of amides is 1. The Bertz CT molecular complexity index is 613. The summed E-state index contributed by atoms with van der Waals surface area (Å²) in [5.74, 6) is -0.940. The van der Waals surface area contributed by atoms with Crippen LogP contribution < -0.4 is 5.32 Å². The van der Waals surface area contributed by atoms with Gasteiger partial charge in [-0.3, -0.25) is 4.79 Å². The highest BCUT2D eigenvalue weighted by molar-refractivity contribution is 9.10. The summed E-state index contributed by atoms with van der Waals surface area (Å²) in [6.45, 7) is 2.36. The highest BCUT2D eigenvalue weighted by Gasteiger charge is 2.11. The predicted molar refractivity (Wildman–Crippen MR) is 76.4 cm³/mol. The molecule has 2 nitrogen and oxygen atoms in total.